The summed E-state index contributed by atoms with van der Waals surface area (Å²) in [6.07, 6.45) is 0. The second-order valence-electron chi connectivity index (χ2n) is 0.569. The normalized spacial score (nSPS) is 5.67. The quantitative estimate of drug-likeness (QED) is 0.479. The first-order valence-electron chi connectivity index (χ1n) is 1.06. The summed E-state index contributed by atoms with van der Waals surface area (Å²) < 4.78 is 3.58. The predicted octanol–water partition coefficient (Wildman–Crippen LogP) is 0.701. The molecule has 0 unspecified atom stereocenters. The number of halogens is 1. The fourth-order valence-electron chi connectivity index (χ4n) is 0. The molecule has 0 aliphatic heterocycles. The van der Waals surface area contributed by atoms with Crippen LogP contribution in [0.25, 0.3) is 0 Å². The van der Waals surface area contributed by atoms with E-state index < -0.39 is 5.97 Å². The average Bonchev–Trinajstić information content (AvgIpc) is 1.38. The van der Waals surface area contributed by atoms with Crippen molar-refractivity contribution in [1.29, 1.82) is 0 Å². The number of carbonyl (C=O) groups is 1. The molecule has 0 bridgehead atoms. The summed E-state index contributed by atoms with van der Waals surface area (Å²) >= 11 is 4.49. The van der Waals surface area contributed by atoms with Crippen LogP contribution < -0.4 is 0 Å². The van der Waals surface area contributed by atoms with Crippen molar-refractivity contribution in [3.05, 3.63) is 0 Å². The molecule has 0 aromatic carbocycles. The van der Waals surface area contributed by atoms with Crippen LogP contribution in [0.5, 0.6) is 0 Å². The minimum Gasteiger partial charge on any atom is -0.348 e. The van der Waals surface area contributed by atoms with E-state index in [0.717, 1.165) is 0 Å². The van der Waals surface area contributed by atoms with Gasteiger partial charge in [-0.25, -0.2) is 0 Å². The molecule has 0 radical (unpaired) electrons. The van der Waals surface area contributed by atoms with Gasteiger partial charge in [-0.2, -0.15) is 0 Å². The smallest absolute Gasteiger partial charge is 0.321 e. The fraction of sp³-hybridized carbons (Fsp3) is 0.500. The minimum absolute atomic E-state index is 0. The van der Waals surface area contributed by atoms with E-state index in [4.69, 9.17) is 0 Å². The Morgan fingerprint density at radius 1 is 1.83 bits per heavy atom. The third-order valence-electron chi connectivity index (χ3n) is 0.109. The van der Waals surface area contributed by atoms with Gasteiger partial charge in [0.15, 0.2) is 0 Å². The minimum atomic E-state index is -0.480. The van der Waals surface area contributed by atoms with Gasteiger partial charge >= 0.3 is 5.97 Å². The fourth-order valence-corrected chi connectivity index (χ4v) is 0. The molecule has 0 aliphatic carbocycles. The van der Waals surface area contributed by atoms with Gasteiger partial charge in [0.1, 0.15) is 11.9 Å². The molecule has 4 heteroatoms. The van der Waals surface area contributed by atoms with Gasteiger partial charge in [-0.05, 0) is 0 Å². The molecule has 0 aliphatic rings. The van der Waals surface area contributed by atoms with Crippen LogP contribution in [-0.2, 0) is 25.6 Å². The van der Waals surface area contributed by atoms with Crippen molar-refractivity contribution in [2.45, 2.75) is 6.92 Å². The monoisotopic (exact) mass is 152 g/mol. The van der Waals surface area contributed by atoms with E-state index in [-0.39, 0.29) is 16.5 Å². The third-order valence-corrected chi connectivity index (χ3v) is 0.326. The van der Waals surface area contributed by atoms with Crippen LogP contribution in [0, 0.1) is 0 Å². The van der Waals surface area contributed by atoms with Crippen molar-refractivity contribution < 1.29 is 25.6 Å². The number of carbonyl (C=O) groups excluding carboxylic acids is 1. The molecule has 0 atom stereocenters. The van der Waals surface area contributed by atoms with Gasteiger partial charge in [-0.15, -0.1) is 0 Å². The van der Waals surface area contributed by atoms with Gasteiger partial charge in [0.25, 0.3) is 0 Å². The average molecular weight is 153 g/mol. The molecule has 0 saturated carbocycles. The predicted molar refractivity (Wildman–Crippen MR) is 17.6 cm³/mol. The maximum Gasteiger partial charge on any atom is 0.321 e. The molecule has 0 aromatic rings. The Morgan fingerprint density at radius 3 is 2.00 bits per heavy atom. The molecular formula is C2H3ClNiO2. The summed E-state index contributed by atoms with van der Waals surface area (Å²) in [4.78, 5) is 9.46. The van der Waals surface area contributed by atoms with Crippen LogP contribution >= 0.6 is 11.9 Å². The molecule has 0 N–H and O–H groups in total. The Balaban J connectivity index is 0. The third kappa shape index (κ3) is 8.87. The van der Waals surface area contributed by atoms with Crippen molar-refractivity contribution in [3.8, 4) is 0 Å². The molecule has 2 nitrogen and oxygen atoms in total. The van der Waals surface area contributed by atoms with Crippen molar-refractivity contribution in [3.63, 3.8) is 0 Å². The molecule has 0 amide bonds. The summed E-state index contributed by atoms with van der Waals surface area (Å²) in [5.74, 6) is -0.480. The molecular weight excluding hydrogens is 150 g/mol. The second-order valence-corrected chi connectivity index (χ2v) is 0.723. The van der Waals surface area contributed by atoms with E-state index in [1.165, 1.54) is 6.92 Å². The second kappa shape index (κ2) is 5.25. The van der Waals surface area contributed by atoms with E-state index in [9.17, 15) is 4.79 Å². The van der Waals surface area contributed by atoms with Crippen LogP contribution in [0.2, 0.25) is 0 Å². The van der Waals surface area contributed by atoms with E-state index >= 15 is 0 Å². The maximum atomic E-state index is 9.46. The van der Waals surface area contributed by atoms with Crippen LogP contribution in [-0.4, -0.2) is 5.97 Å². The summed E-state index contributed by atoms with van der Waals surface area (Å²) in [5.41, 5.74) is 0. The van der Waals surface area contributed by atoms with Crippen molar-refractivity contribution in [2.75, 3.05) is 0 Å². The first kappa shape index (κ1) is 9.54. The van der Waals surface area contributed by atoms with Crippen LogP contribution in [0.1, 0.15) is 6.92 Å². The van der Waals surface area contributed by atoms with E-state index in [0.29, 0.717) is 0 Å². The van der Waals surface area contributed by atoms with E-state index in [2.05, 4.69) is 16.2 Å². The summed E-state index contributed by atoms with van der Waals surface area (Å²) in [6.45, 7) is 1.23. The molecule has 40 valence electrons. The Kier molecular flexibility index (Phi) is 8.35. The molecule has 0 aromatic heterocycles. The zero-order chi connectivity index (χ0) is 4.28. The zero-order valence-electron chi connectivity index (χ0n) is 3.01. The molecule has 0 spiro atoms. The molecule has 0 saturated heterocycles. The van der Waals surface area contributed by atoms with Crippen LogP contribution in [0.3, 0.4) is 0 Å². The number of rotatable bonds is 0. The SMILES string of the molecule is CC(=O)OCl.[Ni]. The summed E-state index contributed by atoms with van der Waals surface area (Å²) in [7, 11) is 0. The summed E-state index contributed by atoms with van der Waals surface area (Å²) in [6, 6.07) is 0. The largest absolute Gasteiger partial charge is 0.348 e. The summed E-state index contributed by atoms with van der Waals surface area (Å²) in [5, 5.41) is 0. The van der Waals surface area contributed by atoms with Gasteiger partial charge in [-0.3, -0.25) is 4.79 Å². The topological polar surface area (TPSA) is 26.3 Å². The van der Waals surface area contributed by atoms with Gasteiger partial charge in [0.05, 0.1) is 0 Å². The first-order valence-corrected chi connectivity index (χ1v) is 1.37. The van der Waals surface area contributed by atoms with Gasteiger partial charge in [0, 0.05) is 23.4 Å². The Morgan fingerprint density at radius 2 is 2.00 bits per heavy atom. The van der Waals surface area contributed by atoms with Crippen molar-refractivity contribution >= 4 is 17.8 Å². The van der Waals surface area contributed by atoms with E-state index in [1.807, 2.05) is 0 Å². The van der Waals surface area contributed by atoms with Crippen molar-refractivity contribution in [2.24, 2.45) is 0 Å². The molecule has 0 rings (SSSR count). The molecule has 0 fully saturated rings. The van der Waals surface area contributed by atoms with Crippen molar-refractivity contribution in [1.82, 2.24) is 0 Å². The first-order chi connectivity index (χ1) is 2.27. The van der Waals surface area contributed by atoms with Gasteiger partial charge in [-0.1, -0.05) is 0 Å². The Labute approximate surface area is 50.9 Å². The number of hydrogen-bond donors (Lipinski definition) is 0. The number of hydrogen-bond acceptors (Lipinski definition) is 2. The van der Waals surface area contributed by atoms with Crippen LogP contribution in [0.15, 0.2) is 0 Å². The maximum absolute atomic E-state index is 9.46. The van der Waals surface area contributed by atoms with Gasteiger partial charge < -0.3 is 4.29 Å². The standard InChI is InChI=1S/C2H3ClO2.Ni/c1-2(4)5-3;/h1H3;. The molecule has 6 heavy (non-hydrogen) atoms. The van der Waals surface area contributed by atoms with Gasteiger partial charge in [0.2, 0.25) is 0 Å². The Bertz CT molecular complexity index is 46.8. The van der Waals surface area contributed by atoms with E-state index in [1.54, 1.807) is 0 Å². The van der Waals surface area contributed by atoms with Crippen LogP contribution in [0.4, 0.5) is 0 Å². The Hall–Kier alpha value is 0.254. The zero-order valence-corrected chi connectivity index (χ0v) is 4.75. The molecule has 0 heterocycles.